The summed E-state index contributed by atoms with van der Waals surface area (Å²) in [6.07, 6.45) is 1.48. The largest absolute Gasteiger partial charge is 0.481 e. The van der Waals surface area contributed by atoms with E-state index in [0.717, 1.165) is 0 Å². The van der Waals surface area contributed by atoms with Crippen molar-refractivity contribution >= 4 is 29.2 Å². The topological polar surface area (TPSA) is 90.7 Å². The van der Waals surface area contributed by atoms with E-state index in [2.05, 4.69) is 4.98 Å². The summed E-state index contributed by atoms with van der Waals surface area (Å²) >= 11 is 5.94. The third kappa shape index (κ3) is 3.82. The predicted octanol–water partition coefficient (Wildman–Crippen LogP) is 1.74. The number of aromatic nitrogens is 1. The van der Waals surface area contributed by atoms with Crippen LogP contribution in [-0.2, 0) is 9.59 Å². The Balaban J connectivity index is 3.09. The summed E-state index contributed by atoms with van der Waals surface area (Å²) < 4.78 is 0. The first-order valence-corrected chi connectivity index (χ1v) is 6.05. The maximum Gasteiger partial charge on any atom is 0.326 e. The molecule has 0 amide bonds. The summed E-state index contributed by atoms with van der Waals surface area (Å²) in [5.74, 6) is -2.78. The number of aliphatic carboxylic acids is 2. The van der Waals surface area contributed by atoms with Crippen LogP contribution in [0.25, 0.3) is 0 Å². The number of hydrogen-bond donors (Lipinski definition) is 2. The molecule has 0 saturated carbocycles. The van der Waals surface area contributed by atoms with Crippen LogP contribution in [0.1, 0.15) is 13.8 Å². The monoisotopic (exact) mass is 286 g/mol. The molecule has 0 aromatic carbocycles. The van der Waals surface area contributed by atoms with Gasteiger partial charge in [-0.1, -0.05) is 18.5 Å². The van der Waals surface area contributed by atoms with E-state index in [1.165, 1.54) is 24.9 Å². The average molecular weight is 287 g/mol. The second-order valence-corrected chi connectivity index (χ2v) is 4.58. The van der Waals surface area contributed by atoms with Crippen LogP contribution in [0, 0.1) is 5.92 Å². The van der Waals surface area contributed by atoms with Crippen LogP contribution in [-0.4, -0.2) is 39.7 Å². The van der Waals surface area contributed by atoms with Crippen LogP contribution in [0.2, 0.25) is 5.15 Å². The van der Waals surface area contributed by atoms with E-state index in [0.29, 0.717) is 5.69 Å². The summed E-state index contributed by atoms with van der Waals surface area (Å²) in [6.45, 7) is 3.02. The Morgan fingerprint density at radius 1 is 1.37 bits per heavy atom. The third-order valence-electron chi connectivity index (χ3n) is 2.77. The van der Waals surface area contributed by atoms with Crippen molar-refractivity contribution in [1.82, 2.24) is 4.98 Å². The van der Waals surface area contributed by atoms with Crippen molar-refractivity contribution in [3.05, 3.63) is 23.5 Å². The zero-order valence-corrected chi connectivity index (χ0v) is 11.3. The zero-order valence-electron chi connectivity index (χ0n) is 10.6. The number of anilines is 1. The maximum absolute atomic E-state index is 11.1. The molecule has 2 N–H and O–H groups in total. The standard InChI is InChI=1S/C12H15ClN2O4/c1-7(11(16)17)6-15(8(2)12(18)19)9-4-3-5-14-10(9)13/h3-5,7-8H,6H2,1-2H3,(H,16,17)(H,18,19). The van der Waals surface area contributed by atoms with Crippen LogP contribution in [0.4, 0.5) is 5.69 Å². The number of carbonyl (C=O) groups is 2. The molecule has 1 heterocycles. The zero-order chi connectivity index (χ0) is 14.6. The Morgan fingerprint density at radius 2 is 2.00 bits per heavy atom. The smallest absolute Gasteiger partial charge is 0.326 e. The van der Waals surface area contributed by atoms with Crippen LogP contribution < -0.4 is 4.90 Å². The van der Waals surface area contributed by atoms with E-state index in [1.54, 1.807) is 12.1 Å². The molecule has 2 atom stereocenters. The number of hydrogen-bond acceptors (Lipinski definition) is 4. The Labute approximate surface area is 115 Å². The molecule has 104 valence electrons. The molecule has 19 heavy (non-hydrogen) atoms. The van der Waals surface area contributed by atoms with Crippen LogP contribution >= 0.6 is 11.6 Å². The molecule has 6 nitrogen and oxygen atoms in total. The summed E-state index contributed by atoms with van der Waals surface area (Å²) in [6, 6.07) is 2.33. The second kappa shape index (κ2) is 6.38. The van der Waals surface area contributed by atoms with E-state index >= 15 is 0 Å². The van der Waals surface area contributed by atoms with Gasteiger partial charge in [-0.3, -0.25) is 4.79 Å². The molecular formula is C12H15ClN2O4. The summed E-state index contributed by atoms with van der Waals surface area (Å²) in [4.78, 5) is 27.3. The molecule has 0 bridgehead atoms. The van der Waals surface area contributed by atoms with Gasteiger partial charge in [-0.25, -0.2) is 9.78 Å². The predicted molar refractivity (Wildman–Crippen MR) is 70.5 cm³/mol. The molecule has 1 aromatic rings. The molecule has 0 aliphatic rings. The lowest BCUT2D eigenvalue weighted by atomic mass is 10.1. The van der Waals surface area contributed by atoms with Gasteiger partial charge in [0, 0.05) is 12.7 Å². The second-order valence-electron chi connectivity index (χ2n) is 4.22. The van der Waals surface area contributed by atoms with Gasteiger partial charge in [-0.15, -0.1) is 0 Å². The number of nitrogens with zero attached hydrogens (tertiary/aromatic N) is 2. The van der Waals surface area contributed by atoms with E-state index < -0.39 is 23.9 Å². The Bertz CT molecular complexity index is 481. The van der Waals surface area contributed by atoms with Gasteiger partial charge in [0.15, 0.2) is 5.15 Å². The van der Waals surface area contributed by atoms with Gasteiger partial charge in [-0.2, -0.15) is 0 Å². The fourth-order valence-electron chi connectivity index (χ4n) is 1.56. The van der Waals surface area contributed by atoms with E-state index in [1.807, 2.05) is 0 Å². The normalized spacial score (nSPS) is 13.6. The lowest BCUT2D eigenvalue weighted by molar-refractivity contribution is -0.142. The summed E-state index contributed by atoms with van der Waals surface area (Å²) in [5.41, 5.74) is 0.409. The van der Waals surface area contributed by atoms with E-state index in [4.69, 9.17) is 21.8 Å². The number of halogens is 1. The van der Waals surface area contributed by atoms with Gasteiger partial charge >= 0.3 is 11.9 Å². The minimum Gasteiger partial charge on any atom is -0.481 e. The Kier molecular flexibility index (Phi) is 5.11. The molecule has 1 aromatic heterocycles. The van der Waals surface area contributed by atoms with Gasteiger partial charge < -0.3 is 15.1 Å². The number of carboxylic acid groups (broad SMARTS) is 2. The molecule has 0 fully saturated rings. The molecule has 0 saturated heterocycles. The van der Waals surface area contributed by atoms with Crippen LogP contribution in [0.3, 0.4) is 0 Å². The quantitative estimate of drug-likeness (QED) is 0.774. The highest BCUT2D eigenvalue weighted by atomic mass is 35.5. The van der Waals surface area contributed by atoms with Crippen molar-refractivity contribution in [3.8, 4) is 0 Å². The molecule has 0 aliphatic carbocycles. The van der Waals surface area contributed by atoms with Gasteiger partial charge in [0.1, 0.15) is 6.04 Å². The van der Waals surface area contributed by atoms with Gasteiger partial charge in [0.2, 0.25) is 0 Å². The third-order valence-corrected chi connectivity index (χ3v) is 3.06. The van der Waals surface area contributed by atoms with Crippen LogP contribution in [0.15, 0.2) is 18.3 Å². The maximum atomic E-state index is 11.1. The van der Waals surface area contributed by atoms with Gasteiger partial charge in [-0.05, 0) is 19.1 Å². The van der Waals surface area contributed by atoms with Gasteiger partial charge in [0.25, 0.3) is 0 Å². The average Bonchev–Trinajstić information content (AvgIpc) is 2.35. The number of rotatable bonds is 6. The van der Waals surface area contributed by atoms with E-state index in [-0.39, 0.29) is 11.7 Å². The highest BCUT2D eigenvalue weighted by Gasteiger charge is 2.26. The minimum absolute atomic E-state index is 0.0359. The molecule has 0 radical (unpaired) electrons. The SMILES string of the molecule is CC(CN(c1cccnc1Cl)C(C)C(=O)O)C(=O)O. The van der Waals surface area contributed by atoms with Crippen molar-refractivity contribution in [2.45, 2.75) is 19.9 Å². The first kappa shape index (κ1) is 15.2. The van der Waals surface area contributed by atoms with E-state index in [9.17, 15) is 9.59 Å². The Hall–Kier alpha value is -1.82. The highest BCUT2D eigenvalue weighted by molar-refractivity contribution is 6.32. The highest BCUT2D eigenvalue weighted by Crippen LogP contribution is 2.25. The molecule has 7 heteroatoms. The fraction of sp³-hybridized carbons (Fsp3) is 0.417. The number of carboxylic acids is 2. The number of pyridine rings is 1. The molecule has 2 unspecified atom stereocenters. The molecule has 0 spiro atoms. The van der Waals surface area contributed by atoms with Crippen LogP contribution in [0.5, 0.6) is 0 Å². The Morgan fingerprint density at radius 3 is 2.47 bits per heavy atom. The summed E-state index contributed by atoms with van der Waals surface area (Å²) in [7, 11) is 0. The first-order chi connectivity index (χ1) is 8.84. The lowest BCUT2D eigenvalue weighted by Gasteiger charge is -2.30. The van der Waals surface area contributed by atoms with Crippen molar-refractivity contribution in [2.24, 2.45) is 5.92 Å². The molecule has 0 aliphatic heterocycles. The van der Waals surface area contributed by atoms with Gasteiger partial charge in [0.05, 0.1) is 11.6 Å². The van der Waals surface area contributed by atoms with Crippen molar-refractivity contribution in [3.63, 3.8) is 0 Å². The summed E-state index contributed by atoms with van der Waals surface area (Å²) in [5, 5.41) is 18.2. The lowest BCUT2D eigenvalue weighted by Crippen LogP contribution is -2.43. The first-order valence-electron chi connectivity index (χ1n) is 5.67. The fourth-order valence-corrected chi connectivity index (χ4v) is 1.79. The minimum atomic E-state index is -1.06. The molecular weight excluding hydrogens is 272 g/mol. The molecule has 1 rings (SSSR count). The van der Waals surface area contributed by atoms with Crippen molar-refractivity contribution in [2.75, 3.05) is 11.4 Å². The van der Waals surface area contributed by atoms with Crippen molar-refractivity contribution < 1.29 is 19.8 Å². The van der Waals surface area contributed by atoms with Crippen molar-refractivity contribution in [1.29, 1.82) is 0 Å².